The van der Waals surface area contributed by atoms with E-state index >= 15 is 0 Å². The molecule has 1 aromatic carbocycles. The molecular formula is C15H13ClN4O. The Hall–Kier alpha value is -2.40. The lowest BCUT2D eigenvalue weighted by Gasteiger charge is -2.05. The third-order valence-electron chi connectivity index (χ3n) is 3.28. The molecule has 2 aromatic heterocycles. The van der Waals surface area contributed by atoms with Gasteiger partial charge in [-0.1, -0.05) is 23.7 Å². The number of nitrogens with one attached hydrogen (secondary N) is 1. The van der Waals surface area contributed by atoms with Gasteiger partial charge in [0.25, 0.3) is 5.91 Å². The van der Waals surface area contributed by atoms with Gasteiger partial charge in [0.05, 0.1) is 23.1 Å². The Morgan fingerprint density at radius 2 is 2.10 bits per heavy atom. The number of imidazole rings is 1. The molecule has 106 valence electrons. The fraction of sp³-hybridized carbons (Fsp3) is 0.133. The van der Waals surface area contributed by atoms with Crippen molar-refractivity contribution in [1.82, 2.24) is 19.9 Å². The molecule has 0 saturated heterocycles. The highest BCUT2D eigenvalue weighted by Crippen LogP contribution is 2.14. The summed E-state index contributed by atoms with van der Waals surface area (Å²) in [6.07, 6.45) is 1.45. The quantitative estimate of drug-likeness (QED) is 0.756. The first-order chi connectivity index (χ1) is 10.1. The van der Waals surface area contributed by atoms with Gasteiger partial charge in [0.15, 0.2) is 0 Å². The summed E-state index contributed by atoms with van der Waals surface area (Å²) in [5.74, 6) is 0.595. The Bertz CT molecular complexity index is 795. The van der Waals surface area contributed by atoms with Crippen LogP contribution in [0.2, 0.25) is 5.15 Å². The first kappa shape index (κ1) is 13.6. The molecule has 0 spiro atoms. The second-order valence-electron chi connectivity index (χ2n) is 4.63. The molecule has 5 nitrogen and oxygen atoms in total. The number of hydrogen-bond acceptors (Lipinski definition) is 3. The van der Waals surface area contributed by atoms with E-state index < -0.39 is 0 Å². The SMILES string of the molecule is Cn1c(CNC(=O)c2ccc(Cl)nc2)nc2ccccc21. The van der Waals surface area contributed by atoms with E-state index in [0.29, 0.717) is 17.3 Å². The van der Waals surface area contributed by atoms with E-state index in [1.165, 1.54) is 6.20 Å². The van der Waals surface area contributed by atoms with E-state index in [4.69, 9.17) is 11.6 Å². The van der Waals surface area contributed by atoms with Crippen LogP contribution in [0.15, 0.2) is 42.6 Å². The van der Waals surface area contributed by atoms with E-state index in [9.17, 15) is 4.79 Å². The fourth-order valence-corrected chi connectivity index (χ4v) is 2.24. The number of halogens is 1. The minimum absolute atomic E-state index is 0.203. The Kier molecular flexibility index (Phi) is 3.58. The van der Waals surface area contributed by atoms with Gasteiger partial charge in [-0.15, -0.1) is 0 Å². The number of para-hydroxylation sites is 2. The maximum absolute atomic E-state index is 12.0. The smallest absolute Gasteiger partial charge is 0.253 e. The number of carbonyl (C=O) groups is 1. The maximum Gasteiger partial charge on any atom is 0.253 e. The van der Waals surface area contributed by atoms with Crippen LogP contribution in [0.1, 0.15) is 16.2 Å². The van der Waals surface area contributed by atoms with Gasteiger partial charge < -0.3 is 9.88 Å². The van der Waals surface area contributed by atoms with Crippen molar-refractivity contribution in [2.45, 2.75) is 6.54 Å². The molecule has 0 aliphatic carbocycles. The number of fused-ring (bicyclic) bond motifs is 1. The zero-order valence-electron chi connectivity index (χ0n) is 11.4. The highest BCUT2D eigenvalue weighted by molar-refractivity contribution is 6.29. The van der Waals surface area contributed by atoms with Crippen molar-refractivity contribution in [3.05, 3.63) is 59.1 Å². The van der Waals surface area contributed by atoms with Gasteiger partial charge in [0, 0.05) is 13.2 Å². The fourth-order valence-electron chi connectivity index (χ4n) is 2.13. The number of hydrogen-bond donors (Lipinski definition) is 1. The summed E-state index contributed by atoms with van der Waals surface area (Å²) in [4.78, 5) is 20.4. The number of carbonyl (C=O) groups excluding carboxylic acids is 1. The van der Waals surface area contributed by atoms with E-state index in [-0.39, 0.29) is 5.91 Å². The van der Waals surface area contributed by atoms with Crippen LogP contribution in [0, 0.1) is 0 Å². The Morgan fingerprint density at radius 1 is 1.29 bits per heavy atom. The van der Waals surface area contributed by atoms with Gasteiger partial charge in [0.1, 0.15) is 11.0 Å². The van der Waals surface area contributed by atoms with E-state index in [1.54, 1.807) is 12.1 Å². The highest BCUT2D eigenvalue weighted by Gasteiger charge is 2.10. The maximum atomic E-state index is 12.0. The third-order valence-corrected chi connectivity index (χ3v) is 3.50. The molecule has 0 fully saturated rings. The van der Waals surface area contributed by atoms with Crippen LogP contribution in [0.25, 0.3) is 11.0 Å². The molecule has 1 N–H and O–H groups in total. The lowest BCUT2D eigenvalue weighted by molar-refractivity contribution is 0.0949. The zero-order valence-corrected chi connectivity index (χ0v) is 12.1. The van der Waals surface area contributed by atoms with Crippen molar-refractivity contribution in [3.63, 3.8) is 0 Å². The Balaban J connectivity index is 1.75. The summed E-state index contributed by atoms with van der Waals surface area (Å²) >= 11 is 5.70. The first-order valence-electron chi connectivity index (χ1n) is 6.45. The summed E-state index contributed by atoms with van der Waals surface area (Å²) in [5, 5.41) is 3.19. The lowest BCUT2D eigenvalue weighted by Crippen LogP contribution is -2.24. The number of nitrogens with zero attached hydrogens (tertiary/aromatic N) is 3. The largest absolute Gasteiger partial charge is 0.345 e. The topological polar surface area (TPSA) is 59.8 Å². The Labute approximate surface area is 126 Å². The van der Waals surface area contributed by atoms with Crippen LogP contribution in [0.3, 0.4) is 0 Å². The summed E-state index contributed by atoms with van der Waals surface area (Å²) in [5.41, 5.74) is 2.42. The number of aryl methyl sites for hydroxylation is 1. The molecule has 0 aliphatic rings. The zero-order chi connectivity index (χ0) is 14.8. The van der Waals surface area contributed by atoms with Gasteiger partial charge >= 0.3 is 0 Å². The Morgan fingerprint density at radius 3 is 2.81 bits per heavy atom. The van der Waals surface area contributed by atoms with Crippen LogP contribution in [0.4, 0.5) is 0 Å². The molecule has 2 heterocycles. The first-order valence-corrected chi connectivity index (χ1v) is 6.83. The third kappa shape index (κ3) is 2.73. The molecule has 0 bridgehead atoms. The standard InChI is InChI=1S/C15H13ClN4O/c1-20-12-5-3-2-4-11(12)19-14(20)9-18-15(21)10-6-7-13(16)17-8-10/h2-8H,9H2,1H3,(H,18,21). The van der Waals surface area contributed by atoms with Crippen molar-refractivity contribution >= 4 is 28.5 Å². The van der Waals surface area contributed by atoms with E-state index in [2.05, 4.69) is 15.3 Å². The minimum atomic E-state index is -0.203. The van der Waals surface area contributed by atoms with E-state index in [0.717, 1.165) is 16.9 Å². The number of amides is 1. The van der Waals surface area contributed by atoms with Crippen molar-refractivity contribution < 1.29 is 4.79 Å². The lowest BCUT2D eigenvalue weighted by atomic mass is 10.3. The molecule has 3 aromatic rings. The van der Waals surface area contributed by atoms with Crippen LogP contribution in [-0.2, 0) is 13.6 Å². The van der Waals surface area contributed by atoms with Gasteiger partial charge in [-0.3, -0.25) is 4.79 Å². The van der Waals surface area contributed by atoms with Gasteiger partial charge in [-0.05, 0) is 24.3 Å². The highest BCUT2D eigenvalue weighted by atomic mass is 35.5. The number of benzene rings is 1. The summed E-state index contributed by atoms with van der Waals surface area (Å²) in [6, 6.07) is 11.1. The molecule has 0 radical (unpaired) electrons. The summed E-state index contributed by atoms with van der Waals surface area (Å²) in [6.45, 7) is 0.354. The van der Waals surface area contributed by atoms with Crippen molar-refractivity contribution in [3.8, 4) is 0 Å². The molecule has 6 heteroatoms. The van der Waals surface area contributed by atoms with Crippen molar-refractivity contribution in [2.24, 2.45) is 7.05 Å². The van der Waals surface area contributed by atoms with Crippen LogP contribution >= 0.6 is 11.6 Å². The molecule has 0 atom stereocenters. The molecular weight excluding hydrogens is 288 g/mol. The molecule has 0 aliphatic heterocycles. The number of rotatable bonds is 3. The second kappa shape index (κ2) is 5.54. The van der Waals surface area contributed by atoms with Gasteiger partial charge in [-0.25, -0.2) is 9.97 Å². The normalized spacial score (nSPS) is 10.8. The van der Waals surface area contributed by atoms with Crippen LogP contribution < -0.4 is 5.32 Å². The van der Waals surface area contributed by atoms with Crippen molar-refractivity contribution in [1.29, 1.82) is 0 Å². The molecule has 3 rings (SSSR count). The number of aromatic nitrogens is 3. The predicted molar refractivity (Wildman–Crippen MR) is 81.1 cm³/mol. The van der Waals surface area contributed by atoms with Gasteiger partial charge in [0.2, 0.25) is 0 Å². The minimum Gasteiger partial charge on any atom is -0.345 e. The van der Waals surface area contributed by atoms with Crippen LogP contribution in [0.5, 0.6) is 0 Å². The number of pyridine rings is 1. The second-order valence-corrected chi connectivity index (χ2v) is 5.02. The monoisotopic (exact) mass is 300 g/mol. The average Bonchev–Trinajstić information content (AvgIpc) is 2.82. The van der Waals surface area contributed by atoms with Gasteiger partial charge in [-0.2, -0.15) is 0 Å². The van der Waals surface area contributed by atoms with Crippen LogP contribution in [-0.4, -0.2) is 20.4 Å². The average molecular weight is 301 g/mol. The molecule has 1 amide bonds. The molecule has 21 heavy (non-hydrogen) atoms. The predicted octanol–water partition coefficient (Wildman–Crippen LogP) is 2.55. The summed E-state index contributed by atoms with van der Waals surface area (Å²) in [7, 11) is 1.93. The molecule has 0 saturated carbocycles. The molecule has 0 unspecified atom stereocenters. The summed E-state index contributed by atoms with van der Waals surface area (Å²) < 4.78 is 1.97. The van der Waals surface area contributed by atoms with Crippen molar-refractivity contribution in [2.75, 3.05) is 0 Å². The van der Waals surface area contributed by atoms with E-state index in [1.807, 2.05) is 35.9 Å².